The molecule has 1 aliphatic rings. The van der Waals surface area contributed by atoms with Gasteiger partial charge in [-0.25, -0.2) is 15.2 Å². The number of benzene rings is 1. The van der Waals surface area contributed by atoms with E-state index in [2.05, 4.69) is 16.2 Å². The zero-order valence-corrected chi connectivity index (χ0v) is 10.6. The number of hydrogen-bond acceptors (Lipinski definition) is 4. The predicted octanol–water partition coefficient (Wildman–Crippen LogP) is 1.11. The largest absolute Gasteiger partial charge is 0.425 e. The minimum atomic E-state index is -0.245. The van der Waals surface area contributed by atoms with Crippen molar-refractivity contribution in [2.24, 2.45) is 16.6 Å². The lowest BCUT2D eigenvalue weighted by atomic mass is 10.1. The van der Waals surface area contributed by atoms with E-state index in [1.54, 1.807) is 13.1 Å². The molecule has 1 fully saturated rings. The summed E-state index contributed by atoms with van der Waals surface area (Å²) in [6.45, 7) is 0. The Labute approximate surface area is 106 Å². The molecule has 0 aromatic heterocycles. The zero-order chi connectivity index (χ0) is 13.5. The molecule has 0 atom stereocenters. The van der Waals surface area contributed by atoms with E-state index in [4.69, 9.17) is 10.6 Å². The summed E-state index contributed by atoms with van der Waals surface area (Å²) < 4.78 is 18.6. The molecule has 6 heteroatoms. The first kappa shape index (κ1) is 14.4. The number of rotatable bonds is 2. The van der Waals surface area contributed by atoms with Crippen LogP contribution >= 0.6 is 0 Å². The average molecular weight is 254 g/mol. The minimum absolute atomic E-state index is 0.216. The SMILES string of the molecule is CN.CN=C(NN)Oc1ccc(F)cc1C1CC1. The standard InChI is InChI=1S/C11H14FN3O.CH5N/c1-14-11(15-13)16-10-5-4-8(12)6-9(10)7-2-3-7;1-2/h4-7H,2-3,13H2,1H3,(H,14,15);2H2,1H3. The van der Waals surface area contributed by atoms with Gasteiger partial charge in [0, 0.05) is 12.6 Å². The number of hydrazine groups is 1. The molecule has 5 N–H and O–H groups in total. The lowest BCUT2D eigenvalue weighted by Gasteiger charge is -2.11. The van der Waals surface area contributed by atoms with Crippen LogP contribution in [0.2, 0.25) is 0 Å². The van der Waals surface area contributed by atoms with Gasteiger partial charge in [-0.15, -0.1) is 0 Å². The first-order valence-electron chi connectivity index (χ1n) is 5.73. The third-order valence-corrected chi connectivity index (χ3v) is 2.52. The summed E-state index contributed by atoms with van der Waals surface area (Å²) in [5.41, 5.74) is 7.72. The number of hydrogen-bond donors (Lipinski definition) is 3. The highest BCUT2D eigenvalue weighted by molar-refractivity contribution is 5.75. The van der Waals surface area contributed by atoms with Gasteiger partial charge in [0.05, 0.1) is 0 Å². The zero-order valence-electron chi connectivity index (χ0n) is 10.6. The molecule has 18 heavy (non-hydrogen) atoms. The van der Waals surface area contributed by atoms with E-state index >= 15 is 0 Å². The maximum Gasteiger partial charge on any atom is 0.304 e. The van der Waals surface area contributed by atoms with E-state index in [0.29, 0.717) is 11.7 Å². The highest BCUT2D eigenvalue weighted by atomic mass is 19.1. The van der Waals surface area contributed by atoms with Gasteiger partial charge in [0.2, 0.25) is 0 Å². The molecule has 1 aromatic carbocycles. The van der Waals surface area contributed by atoms with Crippen LogP contribution in [0.3, 0.4) is 0 Å². The van der Waals surface area contributed by atoms with Crippen LogP contribution in [0, 0.1) is 5.82 Å². The number of nitrogens with one attached hydrogen (secondary N) is 1. The van der Waals surface area contributed by atoms with Gasteiger partial charge in [-0.3, -0.25) is 5.43 Å². The molecule has 5 nitrogen and oxygen atoms in total. The number of halogens is 1. The highest BCUT2D eigenvalue weighted by Gasteiger charge is 2.27. The summed E-state index contributed by atoms with van der Waals surface area (Å²) in [5.74, 6) is 6.00. The van der Waals surface area contributed by atoms with Crippen molar-refractivity contribution in [2.45, 2.75) is 18.8 Å². The molecule has 1 aliphatic carbocycles. The van der Waals surface area contributed by atoms with Crippen LogP contribution in [0.4, 0.5) is 4.39 Å². The van der Waals surface area contributed by atoms with Gasteiger partial charge in [0.1, 0.15) is 11.6 Å². The summed E-state index contributed by atoms with van der Waals surface area (Å²) in [6, 6.07) is 4.70. The fourth-order valence-electron chi connectivity index (χ4n) is 1.57. The highest BCUT2D eigenvalue weighted by Crippen LogP contribution is 2.44. The van der Waals surface area contributed by atoms with Crippen LogP contribution in [0.5, 0.6) is 5.75 Å². The van der Waals surface area contributed by atoms with E-state index in [1.807, 2.05) is 0 Å². The summed E-state index contributed by atoms with van der Waals surface area (Å²) in [6.07, 6.45) is 2.16. The van der Waals surface area contributed by atoms with Gasteiger partial charge >= 0.3 is 6.02 Å². The van der Waals surface area contributed by atoms with Gasteiger partial charge in [0.25, 0.3) is 0 Å². The molecule has 2 rings (SSSR count). The summed E-state index contributed by atoms with van der Waals surface area (Å²) in [5, 5.41) is 0. The molecule has 0 bridgehead atoms. The third-order valence-electron chi connectivity index (χ3n) is 2.52. The van der Waals surface area contributed by atoms with Crippen LogP contribution in [-0.2, 0) is 0 Å². The second-order valence-electron chi connectivity index (χ2n) is 3.73. The Hall–Kier alpha value is -1.66. The quantitative estimate of drug-likeness (QED) is 0.319. The predicted molar refractivity (Wildman–Crippen MR) is 69.8 cm³/mol. The molecule has 1 saturated carbocycles. The van der Waals surface area contributed by atoms with E-state index in [0.717, 1.165) is 18.4 Å². The first-order chi connectivity index (χ1) is 8.74. The van der Waals surface area contributed by atoms with Crippen molar-refractivity contribution < 1.29 is 9.13 Å². The number of nitrogens with zero attached hydrogens (tertiary/aromatic N) is 1. The number of nitrogens with two attached hydrogens (primary N) is 2. The fraction of sp³-hybridized carbons (Fsp3) is 0.417. The average Bonchev–Trinajstić information content (AvgIpc) is 3.24. The number of aliphatic imine (C=N–C) groups is 1. The smallest absolute Gasteiger partial charge is 0.304 e. The van der Waals surface area contributed by atoms with Crippen LogP contribution in [0.15, 0.2) is 23.2 Å². The fourth-order valence-corrected chi connectivity index (χ4v) is 1.57. The first-order valence-corrected chi connectivity index (χ1v) is 5.73. The van der Waals surface area contributed by atoms with Gasteiger partial charge in [-0.2, -0.15) is 0 Å². The Morgan fingerprint density at radius 1 is 1.44 bits per heavy atom. The van der Waals surface area contributed by atoms with Crippen molar-refractivity contribution in [3.63, 3.8) is 0 Å². The summed E-state index contributed by atoms with van der Waals surface area (Å²) >= 11 is 0. The summed E-state index contributed by atoms with van der Waals surface area (Å²) in [7, 11) is 3.06. The van der Waals surface area contributed by atoms with E-state index in [9.17, 15) is 4.39 Å². The lowest BCUT2D eigenvalue weighted by molar-refractivity contribution is 0.507. The molecule has 0 heterocycles. The maximum atomic E-state index is 13.1. The number of amidine groups is 1. The Morgan fingerprint density at radius 3 is 2.61 bits per heavy atom. The Balaban J connectivity index is 0.000000771. The monoisotopic (exact) mass is 254 g/mol. The van der Waals surface area contributed by atoms with Gasteiger partial charge < -0.3 is 10.5 Å². The van der Waals surface area contributed by atoms with Crippen molar-refractivity contribution >= 4 is 6.02 Å². The van der Waals surface area contributed by atoms with Crippen molar-refractivity contribution in [1.29, 1.82) is 0 Å². The van der Waals surface area contributed by atoms with E-state index < -0.39 is 0 Å². The molecule has 0 saturated heterocycles. The Morgan fingerprint density at radius 2 is 2.11 bits per heavy atom. The van der Waals surface area contributed by atoms with Crippen LogP contribution in [0.1, 0.15) is 24.3 Å². The summed E-state index contributed by atoms with van der Waals surface area (Å²) in [4.78, 5) is 3.81. The van der Waals surface area contributed by atoms with Gasteiger partial charge in [-0.05, 0) is 44.0 Å². The normalized spacial score (nSPS) is 14.6. The van der Waals surface area contributed by atoms with Crippen LogP contribution in [0.25, 0.3) is 0 Å². The Bertz CT molecular complexity index is 419. The maximum absolute atomic E-state index is 13.1. The third kappa shape index (κ3) is 3.68. The van der Waals surface area contributed by atoms with Crippen molar-refractivity contribution in [1.82, 2.24) is 5.43 Å². The lowest BCUT2D eigenvalue weighted by Crippen LogP contribution is -2.34. The van der Waals surface area contributed by atoms with E-state index in [-0.39, 0.29) is 11.8 Å². The molecule has 1 aromatic rings. The van der Waals surface area contributed by atoms with Gasteiger partial charge in [-0.1, -0.05) is 0 Å². The molecular weight excluding hydrogens is 235 g/mol. The molecule has 0 radical (unpaired) electrons. The molecule has 0 aliphatic heterocycles. The van der Waals surface area contributed by atoms with E-state index in [1.165, 1.54) is 19.2 Å². The molecular formula is C12H19FN4O. The second-order valence-corrected chi connectivity index (χ2v) is 3.73. The minimum Gasteiger partial charge on any atom is -0.425 e. The van der Waals surface area contributed by atoms with Crippen LogP contribution < -0.4 is 21.7 Å². The molecule has 0 unspecified atom stereocenters. The molecule has 100 valence electrons. The topological polar surface area (TPSA) is 85.7 Å². The Kier molecular flexibility index (Phi) is 5.54. The molecule has 0 amide bonds. The molecule has 0 spiro atoms. The van der Waals surface area contributed by atoms with Crippen molar-refractivity contribution in [3.05, 3.63) is 29.6 Å². The second kappa shape index (κ2) is 6.93. The van der Waals surface area contributed by atoms with Gasteiger partial charge in [0.15, 0.2) is 0 Å². The van der Waals surface area contributed by atoms with Crippen molar-refractivity contribution in [3.8, 4) is 5.75 Å². The van der Waals surface area contributed by atoms with Crippen molar-refractivity contribution in [2.75, 3.05) is 14.1 Å². The van der Waals surface area contributed by atoms with Crippen LogP contribution in [-0.4, -0.2) is 20.1 Å². The number of ether oxygens (including phenoxy) is 1.